The molecule has 0 bridgehead atoms. The van der Waals surface area contributed by atoms with E-state index < -0.39 is 12.1 Å². The van der Waals surface area contributed by atoms with Gasteiger partial charge < -0.3 is 24.3 Å². The molecule has 0 spiro atoms. The molecule has 33 heavy (non-hydrogen) atoms. The predicted octanol–water partition coefficient (Wildman–Crippen LogP) is 2.89. The average molecular weight is 473 g/mol. The van der Waals surface area contributed by atoms with Crippen LogP contribution in [0.25, 0.3) is 0 Å². The Morgan fingerprint density at radius 3 is 2.58 bits per heavy atom. The van der Waals surface area contributed by atoms with Gasteiger partial charge in [0.2, 0.25) is 0 Å². The van der Waals surface area contributed by atoms with Gasteiger partial charge in [-0.3, -0.25) is 9.48 Å². The zero-order valence-corrected chi connectivity index (χ0v) is 18.1. The highest BCUT2D eigenvalue weighted by atomic mass is 19.4. The third-order valence-electron chi connectivity index (χ3n) is 5.45. The molecule has 4 rings (SSSR count). The van der Waals surface area contributed by atoms with Crippen LogP contribution in [0.3, 0.4) is 0 Å². The molecule has 1 fully saturated rings. The summed E-state index contributed by atoms with van der Waals surface area (Å²) in [6, 6.07) is 1.68. The summed E-state index contributed by atoms with van der Waals surface area (Å²) in [6.45, 7) is 5.45. The largest absolute Gasteiger partial charge is 0.490 e. The summed E-state index contributed by atoms with van der Waals surface area (Å²) >= 11 is 0. The molecule has 12 heteroatoms. The van der Waals surface area contributed by atoms with Gasteiger partial charge in [0.05, 0.1) is 24.1 Å². The number of nitrogens with zero attached hydrogens (tertiary/aromatic N) is 2. The van der Waals surface area contributed by atoms with Crippen molar-refractivity contribution in [1.82, 2.24) is 15.1 Å². The minimum atomic E-state index is -5.08. The van der Waals surface area contributed by atoms with Crippen molar-refractivity contribution in [3.8, 4) is 0 Å². The number of ether oxygens (including phenoxy) is 2. The molecule has 0 aromatic carbocycles. The van der Waals surface area contributed by atoms with Crippen molar-refractivity contribution in [3.63, 3.8) is 0 Å². The van der Waals surface area contributed by atoms with Crippen molar-refractivity contribution >= 4 is 11.9 Å². The Morgan fingerprint density at radius 1 is 1.27 bits per heavy atom. The van der Waals surface area contributed by atoms with Crippen LogP contribution in [-0.4, -0.2) is 59.3 Å². The summed E-state index contributed by atoms with van der Waals surface area (Å²) in [5.74, 6) is -1.66. The van der Waals surface area contributed by atoms with Crippen LogP contribution in [0.15, 0.2) is 22.9 Å². The van der Waals surface area contributed by atoms with Crippen LogP contribution >= 0.6 is 0 Å². The predicted molar refractivity (Wildman–Crippen MR) is 108 cm³/mol. The van der Waals surface area contributed by atoms with Crippen LogP contribution in [0.4, 0.5) is 13.2 Å². The molecule has 2 aromatic heterocycles. The van der Waals surface area contributed by atoms with Gasteiger partial charge in [-0.25, -0.2) is 4.79 Å². The Balaban J connectivity index is 0.000000383. The first kappa shape index (κ1) is 24.8. The maximum Gasteiger partial charge on any atom is 0.490 e. The lowest BCUT2D eigenvalue weighted by Gasteiger charge is -2.22. The SMILES string of the molecule is Cc1occc1C(=O)NCC1OCCc2cn(CC3CCOCC3)nc21.O=C(O)C(F)(F)F. The van der Waals surface area contributed by atoms with Gasteiger partial charge in [-0.2, -0.15) is 18.3 Å². The first-order chi connectivity index (χ1) is 15.6. The summed E-state index contributed by atoms with van der Waals surface area (Å²) in [5.41, 5.74) is 2.74. The molecular weight excluding hydrogens is 447 g/mol. The number of carboxylic acids is 1. The van der Waals surface area contributed by atoms with E-state index in [1.165, 1.54) is 11.8 Å². The number of carbonyl (C=O) groups is 2. The van der Waals surface area contributed by atoms with Crippen LogP contribution in [0.5, 0.6) is 0 Å². The first-order valence-corrected chi connectivity index (χ1v) is 10.5. The zero-order valence-electron chi connectivity index (χ0n) is 18.1. The van der Waals surface area contributed by atoms with Gasteiger partial charge in [-0.15, -0.1) is 0 Å². The van der Waals surface area contributed by atoms with Crippen molar-refractivity contribution in [3.05, 3.63) is 41.1 Å². The minimum absolute atomic E-state index is 0.145. The fourth-order valence-electron chi connectivity index (χ4n) is 3.68. The minimum Gasteiger partial charge on any atom is -0.475 e. The maximum atomic E-state index is 12.3. The Labute approximate surface area is 187 Å². The van der Waals surface area contributed by atoms with E-state index >= 15 is 0 Å². The Morgan fingerprint density at radius 2 is 1.97 bits per heavy atom. The molecule has 2 aliphatic heterocycles. The van der Waals surface area contributed by atoms with E-state index in [4.69, 9.17) is 28.9 Å². The van der Waals surface area contributed by atoms with Crippen molar-refractivity contribution in [1.29, 1.82) is 0 Å². The van der Waals surface area contributed by atoms with Gasteiger partial charge in [-0.05, 0) is 43.7 Å². The normalized spacial score (nSPS) is 18.7. The molecule has 1 unspecified atom stereocenters. The second kappa shape index (κ2) is 10.8. The van der Waals surface area contributed by atoms with Gasteiger partial charge in [0.25, 0.3) is 5.91 Å². The van der Waals surface area contributed by atoms with Crippen molar-refractivity contribution in [2.24, 2.45) is 5.92 Å². The maximum absolute atomic E-state index is 12.3. The lowest BCUT2D eigenvalue weighted by Crippen LogP contribution is -2.32. The Hall–Kier alpha value is -2.86. The second-order valence-electron chi connectivity index (χ2n) is 7.83. The average Bonchev–Trinajstić information content (AvgIpc) is 3.38. The third kappa shape index (κ3) is 6.81. The van der Waals surface area contributed by atoms with Crippen LogP contribution in [0, 0.1) is 12.8 Å². The number of halogens is 3. The lowest BCUT2D eigenvalue weighted by atomic mass is 10.0. The number of nitrogens with one attached hydrogen (secondary N) is 1. The number of furan rings is 1. The molecule has 1 saturated heterocycles. The number of aliphatic carboxylic acids is 1. The van der Waals surface area contributed by atoms with Crippen LogP contribution < -0.4 is 5.32 Å². The molecule has 2 aromatic rings. The van der Waals surface area contributed by atoms with E-state index in [0.717, 1.165) is 44.7 Å². The topological polar surface area (TPSA) is 116 Å². The van der Waals surface area contributed by atoms with Gasteiger partial charge in [-0.1, -0.05) is 0 Å². The van der Waals surface area contributed by atoms with Gasteiger partial charge in [0.15, 0.2) is 0 Å². The Bertz CT molecular complexity index is 949. The summed E-state index contributed by atoms with van der Waals surface area (Å²) < 4.78 is 50.3. The molecule has 0 radical (unpaired) electrons. The highest BCUT2D eigenvalue weighted by Crippen LogP contribution is 2.26. The number of fused-ring (bicyclic) bond motifs is 1. The lowest BCUT2D eigenvalue weighted by molar-refractivity contribution is -0.192. The monoisotopic (exact) mass is 473 g/mol. The number of hydrogen-bond acceptors (Lipinski definition) is 6. The van der Waals surface area contributed by atoms with E-state index in [1.54, 1.807) is 13.0 Å². The van der Waals surface area contributed by atoms with Gasteiger partial charge in [0.1, 0.15) is 11.9 Å². The summed E-state index contributed by atoms with van der Waals surface area (Å²) in [6.07, 6.45) is 1.43. The van der Waals surface area contributed by atoms with Gasteiger partial charge >= 0.3 is 12.1 Å². The van der Waals surface area contributed by atoms with Crippen LogP contribution in [0.1, 0.15) is 46.3 Å². The number of alkyl halides is 3. The highest BCUT2D eigenvalue weighted by Gasteiger charge is 2.38. The molecule has 2 N–H and O–H groups in total. The van der Waals surface area contributed by atoms with E-state index in [9.17, 15) is 18.0 Å². The van der Waals surface area contributed by atoms with E-state index in [1.807, 2.05) is 4.68 Å². The first-order valence-electron chi connectivity index (χ1n) is 10.5. The van der Waals surface area contributed by atoms with E-state index in [0.29, 0.717) is 30.4 Å². The number of aryl methyl sites for hydroxylation is 1. The standard InChI is InChI=1S/C19H25N3O4.C2HF3O2/c1-13-16(5-9-25-13)19(23)20-10-17-18-15(4-8-26-17)12-22(21-18)11-14-2-6-24-7-3-14;3-2(4,5)1(6)7/h5,9,12,14,17H,2-4,6-8,10-11H2,1H3,(H,20,23);(H,6,7). The van der Waals surface area contributed by atoms with E-state index in [2.05, 4.69) is 11.5 Å². The summed E-state index contributed by atoms with van der Waals surface area (Å²) in [4.78, 5) is 21.2. The smallest absolute Gasteiger partial charge is 0.475 e. The molecule has 9 nitrogen and oxygen atoms in total. The number of amides is 1. The molecule has 1 atom stereocenters. The van der Waals surface area contributed by atoms with Crippen molar-refractivity contribution in [2.75, 3.05) is 26.4 Å². The number of carbonyl (C=O) groups excluding carboxylic acids is 1. The molecule has 0 aliphatic carbocycles. The molecule has 0 saturated carbocycles. The molecule has 182 valence electrons. The van der Waals surface area contributed by atoms with Crippen molar-refractivity contribution in [2.45, 2.75) is 45.0 Å². The molecule has 4 heterocycles. The molecular formula is C21H26F3N3O6. The number of hydrogen-bond donors (Lipinski definition) is 2. The number of carboxylic acid groups (broad SMARTS) is 1. The number of rotatable bonds is 5. The third-order valence-corrected chi connectivity index (χ3v) is 5.45. The van der Waals surface area contributed by atoms with Crippen molar-refractivity contribution < 1.29 is 41.8 Å². The van der Waals surface area contributed by atoms with Gasteiger partial charge in [0, 0.05) is 32.5 Å². The second-order valence-corrected chi connectivity index (χ2v) is 7.83. The number of aromatic nitrogens is 2. The highest BCUT2D eigenvalue weighted by molar-refractivity contribution is 5.95. The quantitative estimate of drug-likeness (QED) is 0.686. The summed E-state index contributed by atoms with van der Waals surface area (Å²) in [5, 5.41) is 14.8. The fraction of sp³-hybridized carbons (Fsp3) is 0.571. The summed E-state index contributed by atoms with van der Waals surface area (Å²) in [7, 11) is 0. The van der Waals surface area contributed by atoms with Crippen LogP contribution in [0.2, 0.25) is 0 Å². The Kier molecular flexibility index (Phi) is 8.14. The zero-order chi connectivity index (χ0) is 24.0. The van der Waals surface area contributed by atoms with Crippen LogP contribution in [-0.2, 0) is 27.2 Å². The molecule has 1 amide bonds. The molecule has 2 aliphatic rings. The fourth-order valence-corrected chi connectivity index (χ4v) is 3.68. The van der Waals surface area contributed by atoms with E-state index in [-0.39, 0.29) is 12.0 Å².